The molecule has 1 aromatic heterocycles. The molecule has 0 aliphatic heterocycles. The van der Waals surface area contributed by atoms with Crippen molar-refractivity contribution in [3.8, 4) is 6.07 Å². The molecule has 0 saturated carbocycles. The summed E-state index contributed by atoms with van der Waals surface area (Å²) in [6.45, 7) is 6.03. The smallest absolute Gasteiger partial charge is 0.253 e. The van der Waals surface area contributed by atoms with E-state index in [1.807, 2.05) is 26.8 Å². The van der Waals surface area contributed by atoms with Gasteiger partial charge in [-0.3, -0.25) is 9.59 Å². The maximum atomic E-state index is 11.8. The van der Waals surface area contributed by atoms with E-state index >= 15 is 0 Å². The molecule has 2 aromatic carbocycles. The van der Waals surface area contributed by atoms with Crippen LogP contribution in [0.5, 0.6) is 0 Å². The molecule has 1 heterocycles. The molecular formula is C18H17N3O3. The second-order valence-corrected chi connectivity index (χ2v) is 6.71. The number of nitriles is 1. The molecule has 0 aliphatic rings. The van der Waals surface area contributed by atoms with E-state index in [1.165, 1.54) is 0 Å². The van der Waals surface area contributed by atoms with E-state index in [1.54, 1.807) is 18.2 Å². The van der Waals surface area contributed by atoms with Crippen molar-refractivity contribution in [2.75, 3.05) is 10.6 Å². The van der Waals surface area contributed by atoms with Crippen LogP contribution in [-0.4, -0.2) is 5.54 Å². The second kappa shape index (κ2) is 5.53. The molecule has 0 atom stereocenters. The summed E-state index contributed by atoms with van der Waals surface area (Å²) in [6.07, 6.45) is 0. The van der Waals surface area contributed by atoms with E-state index in [-0.39, 0.29) is 17.8 Å². The van der Waals surface area contributed by atoms with Gasteiger partial charge in [0.2, 0.25) is 0 Å². The van der Waals surface area contributed by atoms with Crippen LogP contribution in [-0.2, 0) is 6.54 Å². The molecule has 2 N–H and O–H groups in total. The van der Waals surface area contributed by atoms with E-state index in [4.69, 9.17) is 9.68 Å². The predicted octanol–water partition coefficient (Wildman–Crippen LogP) is 2.72. The lowest BCUT2D eigenvalue weighted by atomic mass is 10.1. The van der Waals surface area contributed by atoms with Gasteiger partial charge in [-0.25, -0.2) is 0 Å². The lowest BCUT2D eigenvalue weighted by Crippen LogP contribution is -2.41. The van der Waals surface area contributed by atoms with Crippen molar-refractivity contribution >= 4 is 22.3 Å². The summed E-state index contributed by atoms with van der Waals surface area (Å²) in [5, 5.41) is 15.8. The number of rotatable bonds is 4. The van der Waals surface area contributed by atoms with Crippen LogP contribution >= 0.6 is 0 Å². The largest absolute Gasteiger partial charge is 0.459 e. The van der Waals surface area contributed by atoms with E-state index in [0.29, 0.717) is 22.6 Å². The minimum absolute atomic E-state index is 0.278. The molecule has 122 valence electrons. The Morgan fingerprint density at radius 2 is 1.83 bits per heavy atom. The van der Waals surface area contributed by atoms with Crippen LogP contribution in [0.2, 0.25) is 0 Å². The first kappa shape index (κ1) is 15.8. The van der Waals surface area contributed by atoms with Crippen molar-refractivity contribution < 1.29 is 4.42 Å². The van der Waals surface area contributed by atoms with Gasteiger partial charge < -0.3 is 15.1 Å². The second-order valence-electron chi connectivity index (χ2n) is 6.71. The van der Waals surface area contributed by atoms with Crippen molar-refractivity contribution in [3.05, 3.63) is 56.0 Å². The maximum Gasteiger partial charge on any atom is 0.253 e. The van der Waals surface area contributed by atoms with Gasteiger partial charge in [-0.1, -0.05) is 0 Å². The molecule has 0 unspecified atom stereocenters. The van der Waals surface area contributed by atoms with E-state index in [9.17, 15) is 9.59 Å². The molecule has 0 aliphatic carbocycles. The van der Waals surface area contributed by atoms with Gasteiger partial charge in [0.1, 0.15) is 22.7 Å². The number of benzene rings is 1. The summed E-state index contributed by atoms with van der Waals surface area (Å²) in [4.78, 5) is 23.5. The maximum absolute atomic E-state index is 11.8. The Hall–Kier alpha value is -3.07. The van der Waals surface area contributed by atoms with Gasteiger partial charge >= 0.3 is 0 Å². The first-order chi connectivity index (χ1) is 11.3. The number of nitrogens with zero attached hydrogens (tertiary/aromatic N) is 1. The highest BCUT2D eigenvalue weighted by molar-refractivity contribution is 5.80. The Labute approximate surface area is 138 Å². The molecule has 3 rings (SSSR count). The van der Waals surface area contributed by atoms with Gasteiger partial charge in [-0.15, -0.1) is 0 Å². The highest BCUT2D eigenvalue weighted by atomic mass is 16.3. The van der Waals surface area contributed by atoms with Gasteiger partial charge in [0, 0.05) is 10.9 Å². The summed E-state index contributed by atoms with van der Waals surface area (Å²) >= 11 is 0. The molecular weight excluding hydrogens is 306 g/mol. The highest BCUT2D eigenvalue weighted by Crippen LogP contribution is 2.23. The van der Waals surface area contributed by atoms with Gasteiger partial charge in [0.05, 0.1) is 18.2 Å². The van der Waals surface area contributed by atoms with E-state index in [0.717, 1.165) is 5.39 Å². The Bertz CT molecular complexity index is 1020. The normalized spacial score (nSPS) is 11.6. The Morgan fingerprint density at radius 3 is 2.50 bits per heavy atom. The van der Waals surface area contributed by atoms with Gasteiger partial charge in [0.25, 0.3) is 10.9 Å². The summed E-state index contributed by atoms with van der Waals surface area (Å²) in [5.74, 6) is 0.620. The van der Waals surface area contributed by atoms with Crippen LogP contribution in [0.25, 0.3) is 11.0 Å². The van der Waals surface area contributed by atoms with Gasteiger partial charge in [0.15, 0.2) is 0 Å². The van der Waals surface area contributed by atoms with Crippen LogP contribution in [0.15, 0.2) is 38.3 Å². The first-order valence-electron chi connectivity index (χ1n) is 7.56. The molecule has 0 bridgehead atoms. The number of fused-ring (bicyclic) bond motifs is 1. The van der Waals surface area contributed by atoms with Crippen molar-refractivity contribution in [3.63, 3.8) is 0 Å². The quantitative estimate of drug-likeness (QED) is 0.717. The van der Waals surface area contributed by atoms with Gasteiger partial charge in [-0.2, -0.15) is 5.26 Å². The Balaban J connectivity index is 1.80. The molecule has 0 fully saturated rings. The third-order valence-electron chi connectivity index (χ3n) is 3.55. The number of hydrogen-bond donors (Lipinski definition) is 2. The van der Waals surface area contributed by atoms with Crippen molar-refractivity contribution in [2.45, 2.75) is 32.9 Å². The molecule has 0 amide bonds. The Kier molecular flexibility index (Phi) is 3.64. The minimum Gasteiger partial charge on any atom is -0.459 e. The van der Waals surface area contributed by atoms with E-state index < -0.39 is 10.9 Å². The average molecular weight is 323 g/mol. The van der Waals surface area contributed by atoms with Crippen LogP contribution in [0.3, 0.4) is 0 Å². The van der Waals surface area contributed by atoms with Crippen molar-refractivity contribution in [1.29, 1.82) is 5.26 Å². The van der Waals surface area contributed by atoms with Crippen LogP contribution in [0.1, 0.15) is 32.1 Å². The summed E-state index contributed by atoms with van der Waals surface area (Å²) in [5.41, 5.74) is 0.487. The zero-order chi connectivity index (χ0) is 17.5. The topological polar surface area (TPSA) is 95.1 Å². The molecule has 6 nitrogen and oxygen atoms in total. The number of furan rings is 1. The highest BCUT2D eigenvalue weighted by Gasteiger charge is 2.24. The zero-order valence-electron chi connectivity index (χ0n) is 13.7. The third-order valence-corrected chi connectivity index (χ3v) is 3.55. The molecule has 0 saturated heterocycles. The predicted molar refractivity (Wildman–Crippen MR) is 93.0 cm³/mol. The third kappa shape index (κ3) is 2.88. The lowest BCUT2D eigenvalue weighted by Gasteiger charge is -2.24. The van der Waals surface area contributed by atoms with Gasteiger partial charge in [-0.05, 0) is 45.0 Å². The fourth-order valence-electron chi connectivity index (χ4n) is 2.49. The fraction of sp³-hybridized carbons (Fsp3) is 0.278. The first-order valence-corrected chi connectivity index (χ1v) is 7.56. The van der Waals surface area contributed by atoms with Crippen molar-refractivity contribution in [1.82, 2.24) is 0 Å². The minimum atomic E-state index is -0.523. The van der Waals surface area contributed by atoms with Crippen LogP contribution < -0.4 is 21.5 Å². The number of hydrogen-bond acceptors (Lipinski definition) is 6. The summed E-state index contributed by atoms with van der Waals surface area (Å²) < 4.78 is 5.67. The van der Waals surface area contributed by atoms with Crippen LogP contribution in [0.4, 0.5) is 11.4 Å². The lowest BCUT2D eigenvalue weighted by molar-refractivity contribution is 0.559. The van der Waals surface area contributed by atoms with Crippen molar-refractivity contribution in [2.24, 2.45) is 0 Å². The number of anilines is 2. The fourth-order valence-corrected chi connectivity index (χ4v) is 2.49. The average Bonchev–Trinajstić information content (AvgIpc) is 2.94. The molecule has 3 aromatic rings. The zero-order valence-corrected chi connectivity index (χ0v) is 13.7. The summed E-state index contributed by atoms with van der Waals surface area (Å²) in [6, 6.07) is 9.06. The summed E-state index contributed by atoms with van der Waals surface area (Å²) in [7, 11) is 0. The van der Waals surface area contributed by atoms with Crippen LogP contribution in [0, 0.1) is 11.3 Å². The monoisotopic (exact) mass is 323 g/mol. The van der Waals surface area contributed by atoms with E-state index in [2.05, 4.69) is 16.7 Å². The molecule has 0 spiro atoms. The molecule has 24 heavy (non-hydrogen) atoms. The molecule has 0 radical (unpaired) electrons. The number of nitrogens with one attached hydrogen (secondary N) is 2. The Morgan fingerprint density at radius 1 is 1.12 bits per heavy atom. The standard InChI is InChI=1S/C18H17N3O3/c1-18(2,3)21-15-14(16(22)17(15)23)20-9-12-7-11-6-10(8-19)4-5-13(11)24-12/h4-7,20-21H,9H2,1-3H3. The molecule has 6 heteroatoms. The SMILES string of the molecule is CC(C)(C)Nc1c(NCc2cc3cc(C#N)ccc3o2)c(=O)c1=O.